The van der Waals surface area contributed by atoms with Crippen LogP contribution in [0.3, 0.4) is 0 Å². The number of piperidine rings is 2. The number of likely N-dealkylation sites (tertiary alicyclic amines) is 2. The number of carbonyl (C=O) groups excluding carboxylic acids is 1. The maximum absolute atomic E-state index is 15.0. The molecule has 3 fully saturated rings. The Morgan fingerprint density at radius 1 is 1.03 bits per heavy atom. The molecule has 1 N–H and O–H groups in total. The lowest BCUT2D eigenvalue weighted by Crippen LogP contribution is -2.44. The number of ether oxygens (including phenoxy) is 1. The highest BCUT2D eigenvalue weighted by atomic mass is 19.1. The molecule has 2 heterocycles. The number of β-amino-alcohol motifs (C(OH)–C–C–N with tert-alkyl or cyclic N) is 1. The number of aliphatic hydroxyl groups is 1. The van der Waals surface area contributed by atoms with Crippen molar-refractivity contribution in [1.29, 1.82) is 0 Å². The first-order valence-corrected chi connectivity index (χ1v) is 13.7. The zero-order chi connectivity index (χ0) is 26.0. The highest BCUT2D eigenvalue weighted by molar-refractivity contribution is 5.95. The summed E-state index contributed by atoms with van der Waals surface area (Å²) in [6.07, 6.45) is 6.98. The van der Waals surface area contributed by atoms with Crippen LogP contribution in [0.5, 0.6) is 5.75 Å². The predicted octanol–water partition coefficient (Wildman–Crippen LogP) is 5.51. The third kappa shape index (κ3) is 6.15. The molecule has 5 nitrogen and oxygen atoms in total. The number of hydrogen-bond donors (Lipinski definition) is 1. The topological polar surface area (TPSA) is 53.0 Å². The van der Waals surface area contributed by atoms with Crippen molar-refractivity contribution in [2.45, 2.75) is 58.0 Å². The van der Waals surface area contributed by atoms with Crippen LogP contribution in [0.25, 0.3) is 11.1 Å². The first-order chi connectivity index (χ1) is 17.8. The average Bonchev–Trinajstić information content (AvgIpc) is 2.87. The summed E-state index contributed by atoms with van der Waals surface area (Å²) in [5.41, 5.74) is 1.07. The summed E-state index contributed by atoms with van der Waals surface area (Å²) in [5, 5.41) is 9.82. The molecule has 0 unspecified atom stereocenters. The van der Waals surface area contributed by atoms with E-state index in [1.165, 1.54) is 48.9 Å². The molecule has 0 aromatic heterocycles. The Bertz CT molecular complexity index is 1110. The molecule has 1 amide bonds. The van der Waals surface area contributed by atoms with Gasteiger partial charge in [-0.05, 0) is 92.8 Å². The van der Waals surface area contributed by atoms with E-state index >= 15 is 0 Å². The smallest absolute Gasteiger partial charge is 0.256 e. The number of halogens is 2. The second-order valence-electron chi connectivity index (χ2n) is 11.6. The van der Waals surface area contributed by atoms with Crippen molar-refractivity contribution in [2.24, 2.45) is 11.3 Å². The largest absolute Gasteiger partial charge is 0.493 e. The van der Waals surface area contributed by atoms with Gasteiger partial charge in [0.25, 0.3) is 5.91 Å². The van der Waals surface area contributed by atoms with Gasteiger partial charge in [0, 0.05) is 31.3 Å². The van der Waals surface area contributed by atoms with E-state index < -0.39 is 23.6 Å². The second-order valence-corrected chi connectivity index (χ2v) is 11.6. The van der Waals surface area contributed by atoms with Crippen LogP contribution in [0.4, 0.5) is 8.78 Å². The lowest BCUT2D eigenvalue weighted by Gasteiger charge is -2.44. The molecule has 7 heteroatoms. The summed E-state index contributed by atoms with van der Waals surface area (Å²) >= 11 is 0. The van der Waals surface area contributed by atoms with Gasteiger partial charge in [-0.2, -0.15) is 0 Å². The minimum absolute atomic E-state index is 0.0638. The van der Waals surface area contributed by atoms with Gasteiger partial charge in [0.15, 0.2) is 0 Å². The minimum Gasteiger partial charge on any atom is -0.493 e. The van der Waals surface area contributed by atoms with Crippen LogP contribution in [-0.4, -0.2) is 66.2 Å². The number of rotatable bonds is 7. The van der Waals surface area contributed by atoms with Crippen LogP contribution in [0.1, 0.15) is 62.2 Å². The predicted molar refractivity (Wildman–Crippen MR) is 140 cm³/mol. The van der Waals surface area contributed by atoms with Crippen molar-refractivity contribution in [3.05, 3.63) is 53.6 Å². The molecular formula is C30H38F2N2O3. The first kappa shape index (κ1) is 26.1. The van der Waals surface area contributed by atoms with Gasteiger partial charge in [0.05, 0.1) is 18.3 Å². The molecule has 200 valence electrons. The summed E-state index contributed by atoms with van der Waals surface area (Å²) in [6.45, 7) is 7.05. The zero-order valence-electron chi connectivity index (χ0n) is 21.7. The summed E-state index contributed by atoms with van der Waals surface area (Å²) in [5.74, 6) is -0.691. The molecule has 1 aliphatic carbocycles. The van der Waals surface area contributed by atoms with E-state index in [9.17, 15) is 18.7 Å². The minimum atomic E-state index is -0.695. The summed E-state index contributed by atoms with van der Waals surface area (Å²) < 4.78 is 35.8. The van der Waals surface area contributed by atoms with Crippen molar-refractivity contribution in [3.63, 3.8) is 0 Å². The van der Waals surface area contributed by atoms with Crippen molar-refractivity contribution >= 4 is 5.91 Å². The first-order valence-electron chi connectivity index (χ1n) is 13.7. The number of hydrogen-bond acceptors (Lipinski definition) is 4. The Hall–Kier alpha value is -2.51. The van der Waals surface area contributed by atoms with Crippen LogP contribution < -0.4 is 4.74 Å². The Labute approximate surface area is 218 Å². The van der Waals surface area contributed by atoms with E-state index in [2.05, 4.69) is 11.8 Å². The summed E-state index contributed by atoms with van der Waals surface area (Å²) in [4.78, 5) is 16.8. The van der Waals surface area contributed by atoms with E-state index in [0.29, 0.717) is 48.6 Å². The normalized spacial score (nSPS) is 22.5. The molecule has 2 aromatic rings. The van der Waals surface area contributed by atoms with Crippen LogP contribution >= 0.6 is 0 Å². The van der Waals surface area contributed by atoms with E-state index in [0.717, 1.165) is 25.9 Å². The highest BCUT2D eigenvalue weighted by Crippen LogP contribution is 2.41. The van der Waals surface area contributed by atoms with Gasteiger partial charge < -0.3 is 19.6 Å². The Morgan fingerprint density at radius 3 is 2.46 bits per heavy atom. The number of nitrogens with zero attached hydrogens (tertiary/aromatic N) is 2. The zero-order valence-corrected chi connectivity index (χ0v) is 21.7. The van der Waals surface area contributed by atoms with Gasteiger partial charge in [-0.25, -0.2) is 8.78 Å². The third-order valence-electron chi connectivity index (χ3n) is 8.49. The van der Waals surface area contributed by atoms with Crippen molar-refractivity contribution in [1.82, 2.24) is 9.80 Å². The van der Waals surface area contributed by atoms with E-state index in [1.807, 2.05) is 0 Å². The van der Waals surface area contributed by atoms with Crippen LogP contribution in [0.15, 0.2) is 36.4 Å². The average molecular weight is 513 g/mol. The number of amides is 1. The number of benzene rings is 2. The highest BCUT2D eigenvalue weighted by Gasteiger charge is 2.34. The Kier molecular flexibility index (Phi) is 7.82. The van der Waals surface area contributed by atoms with Crippen molar-refractivity contribution in [3.8, 4) is 16.9 Å². The molecule has 1 atom stereocenters. The lowest BCUT2D eigenvalue weighted by atomic mass is 9.70. The molecule has 1 saturated carbocycles. The fraction of sp³-hybridized carbons (Fsp3) is 0.567. The van der Waals surface area contributed by atoms with E-state index in [4.69, 9.17) is 4.74 Å². The molecule has 2 saturated heterocycles. The summed E-state index contributed by atoms with van der Waals surface area (Å²) in [6, 6.07) is 8.84. The van der Waals surface area contributed by atoms with Gasteiger partial charge in [-0.1, -0.05) is 19.4 Å². The number of carbonyl (C=O) groups is 1. The van der Waals surface area contributed by atoms with Gasteiger partial charge >= 0.3 is 0 Å². The van der Waals surface area contributed by atoms with Gasteiger partial charge in [-0.3, -0.25) is 4.79 Å². The fourth-order valence-corrected chi connectivity index (χ4v) is 5.99. The maximum atomic E-state index is 15.0. The maximum Gasteiger partial charge on any atom is 0.256 e. The van der Waals surface area contributed by atoms with Gasteiger partial charge in [0.1, 0.15) is 17.4 Å². The van der Waals surface area contributed by atoms with Crippen LogP contribution in [0, 0.1) is 23.0 Å². The molecule has 0 bridgehead atoms. The summed E-state index contributed by atoms with van der Waals surface area (Å²) in [7, 11) is 0. The quantitative estimate of drug-likeness (QED) is 0.532. The standard InChI is InChI=1S/C30H38F2N2O3/c1-30(11-3-12-30)20-33-14-9-21(10-15-33)19-37-24-6-8-25(28(32)17-24)22-5-7-26(27(31)16-22)29(36)34-13-2-4-23(35)18-34/h5-8,16-17,21,23,35H,2-4,9-15,18-20H2,1H3/t23-/m0/s1. The van der Waals surface area contributed by atoms with E-state index in [1.54, 1.807) is 18.2 Å². The third-order valence-corrected chi connectivity index (χ3v) is 8.49. The molecule has 3 aliphatic rings. The molecule has 0 radical (unpaired) electrons. The van der Waals surface area contributed by atoms with Crippen molar-refractivity contribution < 1.29 is 23.4 Å². The van der Waals surface area contributed by atoms with Crippen LogP contribution in [0.2, 0.25) is 0 Å². The van der Waals surface area contributed by atoms with Crippen molar-refractivity contribution in [2.75, 3.05) is 39.3 Å². The molecule has 0 spiro atoms. The van der Waals surface area contributed by atoms with Gasteiger partial charge in [0.2, 0.25) is 0 Å². The van der Waals surface area contributed by atoms with Gasteiger partial charge in [-0.15, -0.1) is 0 Å². The SMILES string of the molecule is CC1(CN2CCC(COc3ccc(-c4ccc(C(=O)N5CCC[C@H](O)C5)c(F)c4)c(F)c3)CC2)CCC1. The number of aliphatic hydroxyl groups excluding tert-OH is 1. The molecule has 2 aromatic carbocycles. The van der Waals surface area contributed by atoms with E-state index in [-0.39, 0.29) is 17.7 Å². The Morgan fingerprint density at radius 2 is 1.81 bits per heavy atom. The molecule has 2 aliphatic heterocycles. The lowest BCUT2D eigenvalue weighted by molar-refractivity contribution is 0.0470. The molecule has 37 heavy (non-hydrogen) atoms. The fourth-order valence-electron chi connectivity index (χ4n) is 5.99. The second kappa shape index (κ2) is 11.1. The van der Waals surface area contributed by atoms with Crippen LogP contribution in [-0.2, 0) is 0 Å². The monoisotopic (exact) mass is 512 g/mol. The molecule has 5 rings (SSSR count). The Balaban J connectivity index is 1.16. The molecular weight excluding hydrogens is 474 g/mol.